The lowest BCUT2D eigenvalue weighted by molar-refractivity contribution is 0.188. The van der Waals surface area contributed by atoms with Gasteiger partial charge in [-0.2, -0.15) is 0 Å². The van der Waals surface area contributed by atoms with Crippen LogP contribution in [0.3, 0.4) is 0 Å². The Bertz CT molecular complexity index is 418. The lowest BCUT2D eigenvalue weighted by Gasteiger charge is -2.35. The van der Waals surface area contributed by atoms with E-state index in [0.717, 1.165) is 44.1 Å². The standard InChI is InChI=1S/C12H18N4OS/c13-11(18)10-2-1-3-14-12(10)16-6-4-15(5-7-16)8-9-17/h1-3,17H,4-9H2,(H2,13,18). The Hall–Kier alpha value is -1.24. The predicted molar refractivity (Wildman–Crippen MR) is 75.9 cm³/mol. The van der Waals surface area contributed by atoms with Crippen LogP contribution in [0.5, 0.6) is 0 Å². The molecule has 18 heavy (non-hydrogen) atoms. The number of pyridine rings is 1. The number of thiocarbonyl (C=S) groups is 1. The summed E-state index contributed by atoms with van der Waals surface area (Å²) < 4.78 is 0. The maximum Gasteiger partial charge on any atom is 0.138 e. The Kier molecular flexibility index (Phi) is 4.46. The second kappa shape index (κ2) is 6.08. The maximum atomic E-state index is 8.92. The van der Waals surface area contributed by atoms with Crippen LogP contribution in [0, 0.1) is 0 Å². The van der Waals surface area contributed by atoms with Gasteiger partial charge in [0.1, 0.15) is 10.8 Å². The number of hydrogen-bond acceptors (Lipinski definition) is 5. The first-order valence-electron chi connectivity index (χ1n) is 6.05. The number of nitrogens with two attached hydrogens (primary N) is 1. The van der Waals surface area contributed by atoms with Crippen LogP contribution in [0.2, 0.25) is 0 Å². The number of β-amino-alcohol motifs (C(OH)–C–C–N with tert-alkyl or cyclic N) is 1. The van der Waals surface area contributed by atoms with Gasteiger partial charge in [0, 0.05) is 38.9 Å². The van der Waals surface area contributed by atoms with Crippen LogP contribution in [0.4, 0.5) is 5.82 Å². The molecule has 5 nitrogen and oxygen atoms in total. The number of aliphatic hydroxyl groups excluding tert-OH is 1. The molecule has 0 unspecified atom stereocenters. The molecule has 1 aliphatic rings. The number of anilines is 1. The first-order chi connectivity index (χ1) is 8.72. The smallest absolute Gasteiger partial charge is 0.138 e. The highest BCUT2D eigenvalue weighted by Crippen LogP contribution is 2.18. The van der Waals surface area contributed by atoms with Gasteiger partial charge in [0.05, 0.1) is 12.2 Å². The number of nitrogens with zero attached hydrogens (tertiary/aromatic N) is 3. The first-order valence-corrected chi connectivity index (χ1v) is 6.46. The molecule has 3 N–H and O–H groups in total. The van der Waals surface area contributed by atoms with E-state index in [1.54, 1.807) is 6.20 Å². The van der Waals surface area contributed by atoms with Crippen LogP contribution < -0.4 is 10.6 Å². The maximum absolute atomic E-state index is 8.92. The van der Waals surface area contributed by atoms with Gasteiger partial charge >= 0.3 is 0 Å². The number of aromatic nitrogens is 1. The van der Waals surface area contributed by atoms with Crippen molar-refractivity contribution in [3.8, 4) is 0 Å². The molecule has 0 spiro atoms. The zero-order valence-corrected chi connectivity index (χ0v) is 11.1. The summed E-state index contributed by atoms with van der Waals surface area (Å²) in [4.78, 5) is 9.20. The van der Waals surface area contributed by atoms with Crippen molar-refractivity contribution in [1.82, 2.24) is 9.88 Å². The molecular weight excluding hydrogens is 248 g/mol. The van der Waals surface area contributed by atoms with Gasteiger partial charge in [0.15, 0.2) is 0 Å². The molecule has 0 bridgehead atoms. The van der Waals surface area contributed by atoms with E-state index in [1.807, 2.05) is 12.1 Å². The Morgan fingerprint density at radius 1 is 1.39 bits per heavy atom. The first kappa shape index (κ1) is 13.2. The largest absolute Gasteiger partial charge is 0.395 e. The summed E-state index contributed by atoms with van der Waals surface area (Å²) in [7, 11) is 0. The van der Waals surface area contributed by atoms with Crippen molar-refractivity contribution in [3.63, 3.8) is 0 Å². The fourth-order valence-electron chi connectivity index (χ4n) is 2.17. The van der Waals surface area contributed by atoms with Crippen molar-refractivity contribution < 1.29 is 5.11 Å². The van der Waals surface area contributed by atoms with Crippen molar-refractivity contribution in [2.75, 3.05) is 44.2 Å². The van der Waals surface area contributed by atoms with Gasteiger partial charge in [-0.15, -0.1) is 0 Å². The van der Waals surface area contributed by atoms with E-state index in [2.05, 4.69) is 14.8 Å². The quantitative estimate of drug-likeness (QED) is 0.738. The van der Waals surface area contributed by atoms with Gasteiger partial charge in [0.2, 0.25) is 0 Å². The van der Waals surface area contributed by atoms with Crippen LogP contribution in [-0.2, 0) is 0 Å². The molecule has 0 amide bonds. The fourth-order valence-corrected chi connectivity index (χ4v) is 2.33. The third kappa shape index (κ3) is 2.95. The van der Waals surface area contributed by atoms with Crippen molar-refractivity contribution >= 4 is 23.0 Å². The van der Waals surface area contributed by atoms with Gasteiger partial charge < -0.3 is 15.7 Å². The second-order valence-electron chi connectivity index (χ2n) is 4.29. The average Bonchev–Trinajstić information content (AvgIpc) is 2.40. The summed E-state index contributed by atoms with van der Waals surface area (Å²) in [6, 6.07) is 3.75. The number of hydrogen-bond donors (Lipinski definition) is 2. The molecule has 2 rings (SSSR count). The Morgan fingerprint density at radius 2 is 2.11 bits per heavy atom. The van der Waals surface area contributed by atoms with Crippen LogP contribution >= 0.6 is 12.2 Å². The third-order valence-corrected chi connectivity index (χ3v) is 3.36. The average molecular weight is 266 g/mol. The lowest BCUT2D eigenvalue weighted by atomic mass is 10.2. The van der Waals surface area contributed by atoms with E-state index in [9.17, 15) is 0 Å². The Morgan fingerprint density at radius 3 is 2.72 bits per heavy atom. The summed E-state index contributed by atoms with van der Waals surface area (Å²) in [5.74, 6) is 0.869. The molecule has 6 heteroatoms. The predicted octanol–water partition coefficient (Wildman–Crippen LogP) is -0.170. The molecule has 98 valence electrons. The highest BCUT2D eigenvalue weighted by atomic mass is 32.1. The second-order valence-corrected chi connectivity index (χ2v) is 4.73. The molecule has 0 radical (unpaired) electrons. The monoisotopic (exact) mass is 266 g/mol. The SMILES string of the molecule is NC(=S)c1cccnc1N1CCN(CCO)CC1. The topological polar surface area (TPSA) is 65.6 Å². The van der Waals surface area contributed by atoms with Crippen LogP contribution in [0.1, 0.15) is 5.56 Å². The molecule has 1 saturated heterocycles. The van der Waals surface area contributed by atoms with E-state index in [-0.39, 0.29) is 6.61 Å². The number of rotatable bonds is 4. The minimum absolute atomic E-state index is 0.210. The van der Waals surface area contributed by atoms with Crippen molar-refractivity contribution in [1.29, 1.82) is 0 Å². The highest BCUT2D eigenvalue weighted by molar-refractivity contribution is 7.80. The van der Waals surface area contributed by atoms with Gasteiger partial charge in [-0.25, -0.2) is 4.98 Å². The van der Waals surface area contributed by atoms with E-state index in [4.69, 9.17) is 23.1 Å². The lowest BCUT2D eigenvalue weighted by Crippen LogP contribution is -2.48. The molecule has 0 saturated carbocycles. The summed E-state index contributed by atoms with van der Waals surface area (Å²) in [6.45, 7) is 4.56. The zero-order chi connectivity index (χ0) is 13.0. The molecule has 1 fully saturated rings. The highest BCUT2D eigenvalue weighted by Gasteiger charge is 2.20. The van der Waals surface area contributed by atoms with E-state index >= 15 is 0 Å². The Labute approximate surface area is 112 Å². The van der Waals surface area contributed by atoms with Crippen LogP contribution in [0.25, 0.3) is 0 Å². The molecule has 1 aromatic rings. The number of piperazine rings is 1. The normalized spacial score (nSPS) is 16.8. The van der Waals surface area contributed by atoms with Gasteiger partial charge in [0.25, 0.3) is 0 Å². The van der Waals surface area contributed by atoms with Gasteiger partial charge in [-0.3, -0.25) is 4.90 Å². The van der Waals surface area contributed by atoms with E-state index in [1.165, 1.54) is 0 Å². The van der Waals surface area contributed by atoms with Gasteiger partial charge in [-0.05, 0) is 12.1 Å². The minimum Gasteiger partial charge on any atom is -0.395 e. The molecule has 1 aliphatic heterocycles. The van der Waals surface area contributed by atoms with Crippen LogP contribution in [-0.4, -0.2) is 59.3 Å². The summed E-state index contributed by atoms with van der Waals surface area (Å²) in [5.41, 5.74) is 6.55. The van der Waals surface area contributed by atoms with Crippen molar-refractivity contribution in [2.45, 2.75) is 0 Å². The van der Waals surface area contributed by atoms with Gasteiger partial charge in [-0.1, -0.05) is 12.2 Å². The van der Waals surface area contributed by atoms with Crippen molar-refractivity contribution in [3.05, 3.63) is 23.9 Å². The zero-order valence-electron chi connectivity index (χ0n) is 10.2. The van der Waals surface area contributed by atoms with E-state index < -0.39 is 0 Å². The third-order valence-electron chi connectivity index (χ3n) is 3.14. The molecule has 0 aliphatic carbocycles. The van der Waals surface area contributed by atoms with Crippen molar-refractivity contribution in [2.24, 2.45) is 5.73 Å². The molecular formula is C12H18N4OS. The van der Waals surface area contributed by atoms with Crippen LogP contribution in [0.15, 0.2) is 18.3 Å². The Balaban J connectivity index is 2.07. The summed E-state index contributed by atoms with van der Waals surface area (Å²) in [6.07, 6.45) is 1.76. The molecule has 1 aromatic heterocycles. The van der Waals surface area contributed by atoms with E-state index in [0.29, 0.717) is 4.99 Å². The molecule has 2 heterocycles. The fraction of sp³-hybridized carbons (Fsp3) is 0.500. The number of aliphatic hydroxyl groups is 1. The summed E-state index contributed by atoms with van der Waals surface area (Å²) >= 11 is 5.05. The summed E-state index contributed by atoms with van der Waals surface area (Å²) in [5, 5.41) is 8.92. The molecule has 0 aromatic carbocycles. The minimum atomic E-state index is 0.210. The molecule has 0 atom stereocenters.